The normalized spacial score (nSPS) is 27.2. The van der Waals surface area contributed by atoms with Crippen LogP contribution in [0.4, 0.5) is 13.2 Å². The van der Waals surface area contributed by atoms with E-state index in [1.54, 1.807) is 0 Å². The number of amides is 1. The fourth-order valence-electron chi connectivity index (χ4n) is 3.33. The van der Waals surface area contributed by atoms with Crippen molar-refractivity contribution in [3.8, 4) is 0 Å². The Kier molecular flexibility index (Phi) is 5.52. The quantitative estimate of drug-likeness (QED) is 0.848. The highest BCUT2D eigenvalue weighted by atomic mass is 19.4. The van der Waals surface area contributed by atoms with Gasteiger partial charge in [-0.2, -0.15) is 13.2 Å². The number of carbonyl (C=O) groups is 1. The number of rotatable bonds is 5. The summed E-state index contributed by atoms with van der Waals surface area (Å²) in [5.41, 5.74) is 5.52. The minimum absolute atomic E-state index is 0.0637. The van der Waals surface area contributed by atoms with Gasteiger partial charge in [-0.15, -0.1) is 0 Å². The summed E-state index contributed by atoms with van der Waals surface area (Å²) in [5, 5.41) is 0. The molecule has 0 unspecified atom stereocenters. The number of nitrogens with zero attached hydrogens (tertiary/aromatic N) is 1. The van der Waals surface area contributed by atoms with E-state index in [1.807, 2.05) is 4.90 Å². The number of carbonyl (C=O) groups excluding carboxylic acids is 1. The maximum Gasteiger partial charge on any atom is 0.391 e. The molecule has 122 valence electrons. The Morgan fingerprint density at radius 1 is 1.10 bits per heavy atom. The molecule has 6 heteroatoms. The molecule has 0 atom stereocenters. The van der Waals surface area contributed by atoms with Crippen LogP contribution < -0.4 is 5.73 Å². The molecule has 0 radical (unpaired) electrons. The molecule has 0 heterocycles. The Balaban J connectivity index is 1.89. The molecule has 0 aromatic heterocycles. The van der Waals surface area contributed by atoms with Crippen molar-refractivity contribution >= 4 is 5.91 Å². The van der Waals surface area contributed by atoms with Crippen LogP contribution in [-0.2, 0) is 4.79 Å². The third kappa shape index (κ3) is 4.11. The molecule has 2 aliphatic rings. The van der Waals surface area contributed by atoms with Gasteiger partial charge in [-0.05, 0) is 57.9 Å². The van der Waals surface area contributed by atoms with E-state index in [0.717, 1.165) is 25.7 Å². The van der Waals surface area contributed by atoms with Crippen molar-refractivity contribution in [2.75, 3.05) is 13.1 Å². The molecule has 3 nitrogen and oxygen atoms in total. The fraction of sp³-hybridized carbons (Fsp3) is 0.933. The van der Waals surface area contributed by atoms with E-state index in [2.05, 4.69) is 0 Å². The van der Waals surface area contributed by atoms with Gasteiger partial charge < -0.3 is 10.6 Å². The lowest BCUT2D eigenvalue weighted by Gasteiger charge is -2.41. The molecule has 0 aliphatic heterocycles. The van der Waals surface area contributed by atoms with Crippen LogP contribution in [0.25, 0.3) is 0 Å². The summed E-state index contributed by atoms with van der Waals surface area (Å²) >= 11 is 0. The second kappa shape index (κ2) is 6.99. The Hall–Kier alpha value is -0.780. The molecule has 0 aromatic carbocycles. The van der Waals surface area contributed by atoms with Crippen molar-refractivity contribution < 1.29 is 18.0 Å². The highest BCUT2D eigenvalue weighted by Gasteiger charge is 2.43. The minimum Gasteiger partial charge on any atom is -0.339 e. The van der Waals surface area contributed by atoms with Crippen molar-refractivity contribution in [3.63, 3.8) is 0 Å². The first kappa shape index (κ1) is 16.6. The Morgan fingerprint density at radius 2 is 1.71 bits per heavy atom. The van der Waals surface area contributed by atoms with Gasteiger partial charge in [0.15, 0.2) is 0 Å². The van der Waals surface area contributed by atoms with Gasteiger partial charge in [0.05, 0.1) is 5.92 Å². The Labute approximate surface area is 124 Å². The molecule has 0 saturated heterocycles. The van der Waals surface area contributed by atoms with Gasteiger partial charge in [-0.3, -0.25) is 4.79 Å². The van der Waals surface area contributed by atoms with E-state index in [9.17, 15) is 18.0 Å². The van der Waals surface area contributed by atoms with Gasteiger partial charge in [0.1, 0.15) is 0 Å². The third-order valence-corrected chi connectivity index (χ3v) is 4.94. The third-order valence-electron chi connectivity index (χ3n) is 4.94. The zero-order valence-electron chi connectivity index (χ0n) is 12.4. The molecule has 2 fully saturated rings. The van der Waals surface area contributed by atoms with Crippen LogP contribution in [0.2, 0.25) is 0 Å². The van der Waals surface area contributed by atoms with Crippen LogP contribution in [0.3, 0.4) is 0 Å². The van der Waals surface area contributed by atoms with Gasteiger partial charge in [0.25, 0.3) is 0 Å². The number of nitrogens with two attached hydrogens (primary N) is 1. The summed E-state index contributed by atoms with van der Waals surface area (Å²) in [5.74, 6) is -1.38. The molecule has 2 N–H and O–H groups in total. The molecule has 0 bridgehead atoms. The van der Waals surface area contributed by atoms with E-state index in [4.69, 9.17) is 5.73 Å². The minimum atomic E-state index is -4.11. The topological polar surface area (TPSA) is 46.3 Å². The first-order chi connectivity index (χ1) is 9.93. The summed E-state index contributed by atoms with van der Waals surface area (Å²) in [4.78, 5) is 14.5. The Morgan fingerprint density at radius 3 is 2.14 bits per heavy atom. The first-order valence-corrected chi connectivity index (χ1v) is 8.00. The zero-order chi connectivity index (χ0) is 15.5. The molecule has 2 saturated carbocycles. The number of hydrogen-bond donors (Lipinski definition) is 1. The molecule has 0 spiro atoms. The van der Waals surface area contributed by atoms with Gasteiger partial charge >= 0.3 is 6.18 Å². The van der Waals surface area contributed by atoms with Crippen molar-refractivity contribution in [2.24, 2.45) is 17.6 Å². The predicted octanol–water partition coefficient (Wildman–Crippen LogP) is 3.09. The van der Waals surface area contributed by atoms with Crippen molar-refractivity contribution in [1.29, 1.82) is 0 Å². The van der Waals surface area contributed by atoms with Crippen LogP contribution in [0.5, 0.6) is 0 Å². The van der Waals surface area contributed by atoms with Crippen LogP contribution in [0, 0.1) is 11.8 Å². The summed E-state index contributed by atoms with van der Waals surface area (Å²) in [6.45, 7) is 1.19. The molecular weight excluding hydrogens is 281 g/mol. The van der Waals surface area contributed by atoms with Crippen molar-refractivity contribution in [2.45, 2.75) is 63.6 Å². The maximum atomic E-state index is 12.7. The van der Waals surface area contributed by atoms with E-state index >= 15 is 0 Å². The predicted molar refractivity (Wildman–Crippen MR) is 74.5 cm³/mol. The van der Waals surface area contributed by atoms with Gasteiger partial charge in [-0.25, -0.2) is 0 Å². The molecule has 0 aromatic rings. The monoisotopic (exact) mass is 306 g/mol. The average Bonchev–Trinajstić information content (AvgIpc) is 2.39. The molecule has 2 aliphatic carbocycles. The lowest BCUT2D eigenvalue weighted by atomic mass is 9.80. The largest absolute Gasteiger partial charge is 0.391 e. The van der Waals surface area contributed by atoms with Crippen LogP contribution in [0.1, 0.15) is 51.4 Å². The smallest absolute Gasteiger partial charge is 0.339 e. The van der Waals surface area contributed by atoms with E-state index in [0.29, 0.717) is 32.0 Å². The standard InChI is InChI=1S/C15H25F3N2O/c16-15(17,18)12-7-5-11(6-8-12)14(21)20(10-2-9-19)13-3-1-4-13/h11-13H,1-10,19H2. The molecule has 1 amide bonds. The number of hydrogen-bond acceptors (Lipinski definition) is 2. The summed E-state index contributed by atoms with van der Waals surface area (Å²) < 4.78 is 38.0. The lowest BCUT2D eigenvalue weighted by molar-refractivity contribution is -0.185. The van der Waals surface area contributed by atoms with Crippen LogP contribution in [0.15, 0.2) is 0 Å². The van der Waals surface area contributed by atoms with E-state index in [1.165, 1.54) is 0 Å². The van der Waals surface area contributed by atoms with Crippen LogP contribution >= 0.6 is 0 Å². The average molecular weight is 306 g/mol. The number of halogens is 3. The molecule has 2 rings (SSSR count). The van der Waals surface area contributed by atoms with Gasteiger partial charge in [0, 0.05) is 18.5 Å². The Bertz CT molecular complexity index is 347. The summed E-state index contributed by atoms with van der Waals surface area (Å²) in [7, 11) is 0. The SMILES string of the molecule is NCCCN(C(=O)C1CCC(C(F)(F)F)CC1)C1CCC1. The van der Waals surface area contributed by atoms with Crippen molar-refractivity contribution in [3.05, 3.63) is 0 Å². The van der Waals surface area contributed by atoms with Gasteiger partial charge in [0.2, 0.25) is 5.91 Å². The highest BCUT2D eigenvalue weighted by Crippen LogP contribution is 2.40. The number of alkyl halides is 3. The first-order valence-electron chi connectivity index (χ1n) is 8.00. The highest BCUT2D eigenvalue weighted by molar-refractivity contribution is 5.79. The second-order valence-electron chi connectivity index (χ2n) is 6.35. The zero-order valence-corrected chi connectivity index (χ0v) is 12.4. The summed E-state index contributed by atoms with van der Waals surface area (Å²) in [6, 6.07) is 0.296. The van der Waals surface area contributed by atoms with E-state index < -0.39 is 12.1 Å². The molecule has 21 heavy (non-hydrogen) atoms. The second-order valence-corrected chi connectivity index (χ2v) is 6.35. The lowest BCUT2D eigenvalue weighted by Crippen LogP contribution is -2.48. The maximum absolute atomic E-state index is 12.7. The summed E-state index contributed by atoms with van der Waals surface area (Å²) in [6.07, 6.45) is 0.760. The van der Waals surface area contributed by atoms with Gasteiger partial charge in [-0.1, -0.05) is 0 Å². The fourth-order valence-corrected chi connectivity index (χ4v) is 3.33. The van der Waals surface area contributed by atoms with Crippen LogP contribution in [-0.4, -0.2) is 36.1 Å². The molecular formula is C15H25F3N2O. The van der Waals surface area contributed by atoms with E-state index in [-0.39, 0.29) is 24.7 Å². The van der Waals surface area contributed by atoms with Crippen molar-refractivity contribution in [1.82, 2.24) is 4.90 Å².